The molecule has 1 aliphatic rings. The van der Waals surface area contributed by atoms with Crippen LogP contribution in [0.4, 0.5) is 11.4 Å². The van der Waals surface area contributed by atoms with Crippen LogP contribution in [0.2, 0.25) is 0 Å². The summed E-state index contributed by atoms with van der Waals surface area (Å²) < 4.78 is 0. The summed E-state index contributed by atoms with van der Waals surface area (Å²) in [5.41, 5.74) is 6.33. The molecule has 1 atom stereocenters. The lowest BCUT2D eigenvalue weighted by molar-refractivity contribution is -0.117. The molecule has 106 valence electrons. The summed E-state index contributed by atoms with van der Waals surface area (Å²) in [5.74, 6) is -1.67. The Labute approximate surface area is 115 Å². The van der Waals surface area contributed by atoms with Gasteiger partial charge in [-0.3, -0.25) is 9.59 Å². The molecule has 7 heteroatoms. The number of hydrogen-bond acceptors (Lipinski definition) is 4. The summed E-state index contributed by atoms with van der Waals surface area (Å²) in [6.45, 7) is 1.62. The first-order valence-electron chi connectivity index (χ1n) is 6.09. The van der Waals surface area contributed by atoms with Crippen LogP contribution in [0.25, 0.3) is 0 Å². The number of carbonyl (C=O) groups excluding carboxylic acids is 2. The second kappa shape index (κ2) is 5.30. The zero-order valence-electron chi connectivity index (χ0n) is 10.9. The van der Waals surface area contributed by atoms with Crippen LogP contribution in [0, 0.1) is 0 Å². The molecule has 20 heavy (non-hydrogen) atoms. The lowest BCUT2D eigenvalue weighted by Gasteiger charge is -2.19. The highest BCUT2D eigenvalue weighted by molar-refractivity contribution is 6.04. The smallest absolute Gasteiger partial charge is 0.337 e. The molecule has 1 aromatic carbocycles. The van der Waals surface area contributed by atoms with Crippen molar-refractivity contribution in [2.75, 3.05) is 16.8 Å². The quantitative estimate of drug-likeness (QED) is 0.740. The third-order valence-corrected chi connectivity index (χ3v) is 2.99. The van der Waals surface area contributed by atoms with Crippen molar-refractivity contribution in [3.05, 3.63) is 23.8 Å². The summed E-state index contributed by atoms with van der Waals surface area (Å²) in [6.07, 6.45) is 0.201. The lowest BCUT2D eigenvalue weighted by atomic mass is 10.1. The van der Waals surface area contributed by atoms with Gasteiger partial charge in [0.1, 0.15) is 0 Å². The van der Waals surface area contributed by atoms with E-state index in [9.17, 15) is 19.5 Å². The topological polar surface area (TPSA) is 113 Å². The molecule has 0 aliphatic carbocycles. The maximum Gasteiger partial charge on any atom is 0.337 e. The van der Waals surface area contributed by atoms with Crippen LogP contribution < -0.4 is 16.0 Å². The standard InChI is InChI=1S/C13H15N3O4/c1-7(17)15-9-2-3-11(10(5-9)13(19)20)16-6-8(14)4-12(16)18/h2-3,5,8H,4,6,14H2,1H3,(H,15,17)(H,19,20). The molecule has 0 radical (unpaired) electrons. The van der Waals surface area contributed by atoms with E-state index < -0.39 is 5.97 Å². The van der Waals surface area contributed by atoms with Crippen LogP contribution in [-0.2, 0) is 9.59 Å². The predicted octanol–water partition coefficient (Wildman–Crippen LogP) is 0.407. The van der Waals surface area contributed by atoms with Crippen molar-refractivity contribution in [3.63, 3.8) is 0 Å². The monoisotopic (exact) mass is 277 g/mol. The van der Waals surface area contributed by atoms with Gasteiger partial charge in [-0.25, -0.2) is 4.79 Å². The fourth-order valence-corrected chi connectivity index (χ4v) is 2.19. The van der Waals surface area contributed by atoms with E-state index >= 15 is 0 Å². The number of aromatic carboxylic acids is 1. The van der Waals surface area contributed by atoms with Gasteiger partial charge in [0, 0.05) is 31.6 Å². The van der Waals surface area contributed by atoms with Crippen LogP contribution in [-0.4, -0.2) is 35.5 Å². The highest BCUT2D eigenvalue weighted by atomic mass is 16.4. The minimum absolute atomic E-state index is 0.0429. The molecular weight excluding hydrogens is 262 g/mol. The van der Waals surface area contributed by atoms with Crippen LogP contribution >= 0.6 is 0 Å². The molecule has 1 aliphatic heterocycles. The van der Waals surface area contributed by atoms with Crippen molar-refractivity contribution in [2.24, 2.45) is 5.73 Å². The van der Waals surface area contributed by atoms with Gasteiger partial charge in [0.2, 0.25) is 11.8 Å². The molecule has 0 saturated carbocycles. The average Bonchev–Trinajstić information content (AvgIpc) is 2.67. The molecule has 1 fully saturated rings. The lowest BCUT2D eigenvalue weighted by Crippen LogP contribution is -2.29. The maximum absolute atomic E-state index is 11.8. The Morgan fingerprint density at radius 3 is 2.65 bits per heavy atom. The van der Waals surface area contributed by atoms with Crippen molar-refractivity contribution >= 4 is 29.2 Å². The number of rotatable bonds is 3. The van der Waals surface area contributed by atoms with Gasteiger partial charge in [0.05, 0.1) is 11.3 Å². The number of nitrogens with zero attached hydrogens (tertiary/aromatic N) is 1. The molecule has 1 heterocycles. The summed E-state index contributed by atoms with van der Waals surface area (Å²) in [5, 5.41) is 11.8. The van der Waals surface area contributed by atoms with E-state index in [0.29, 0.717) is 17.9 Å². The Morgan fingerprint density at radius 2 is 2.15 bits per heavy atom. The van der Waals surface area contributed by atoms with Gasteiger partial charge in [-0.15, -0.1) is 0 Å². The summed E-state index contributed by atoms with van der Waals surface area (Å²) in [7, 11) is 0. The third-order valence-electron chi connectivity index (χ3n) is 2.99. The number of hydrogen-bond donors (Lipinski definition) is 3. The Hall–Kier alpha value is -2.41. The number of nitrogens with two attached hydrogens (primary N) is 1. The second-order valence-electron chi connectivity index (χ2n) is 4.69. The largest absolute Gasteiger partial charge is 0.478 e. The minimum Gasteiger partial charge on any atom is -0.478 e. The summed E-state index contributed by atoms with van der Waals surface area (Å²) in [6, 6.07) is 4.10. The number of carbonyl (C=O) groups is 3. The van der Waals surface area contributed by atoms with E-state index in [1.807, 2.05) is 0 Å². The van der Waals surface area contributed by atoms with Crippen molar-refractivity contribution in [2.45, 2.75) is 19.4 Å². The first-order chi connectivity index (χ1) is 9.38. The summed E-state index contributed by atoms with van der Waals surface area (Å²) >= 11 is 0. The van der Waals surface area contributed by atoms with E-state index in [2.05, 4.69) is 5.32 Å². The van der Waals surface area contributed by atoms with E-state index in [0.717, 1.165) is 0 Å². The van der Waals surface area contributed by atoms with Crippen molar-refractivity contribution < 1.29 is 19.5 Å². The van der Waals surface area contributed by atoms with E-state index in [4.69, 9.17) is 5.73 Å². The number of carboxylic acids is 1. The predicted molar refractivity (Wildman–Crippen MR) is 72.7 cm³/mol. The van der Waals surface area contributed by atoms with Gasteiger partial charge in [0.25, 0.3) is 0 Å². The van der Waals surface area contributed by atoms with Gasteiger partial charge in [-0.1, -0.05) is 0 Å². The molecule has 1 unspecified atom stereocenters. The van der Waals surface area contributed by atoms with E-state index in [1.54, 1.807) is 6.07 Å². The first-order valence-corrected chi connectivity index (χ1v) is 6.09. The first kappa shape index (κ1) is 14.0. The van der Waals surface area contributed by atoms with Gasteiger partial charge >= 0.3 is 5.97 Å². The maximum atomic E-state index is 11.8. The van der Waals surface area contributed by atoms with Crippen LogP contribution in [0.1, 0.15) is 23.7 Å². The molecule has 4 N–H and O–H groups in total. The molecule has 0 spiro atoms. The van der Waals surface area contributed by atoms with Crippen LogP contribution in [0.3, 0.4) is 0 Å². The third kappa shape index (κ3) is 2.77. The Kier molecular flexibility index (Phi) is 3.71. The fraction of sp³-hybridized carbons (Fsp3) is 0.308. The minimum atomic E-state index is -1.17. The number of amides is 2. The van der Waals surface area contributed by atoms with Gasteiger partial charge in [-0.05, 0) is 18.2 Å². The Balaban J connectivity index is 2.40. The molecule has 2 amide bonds. The van der Waals surface area contributed by atoms with Crippen molar-refractivity contribution in [3.8, 4) is 0 Å². The number of anilines is 2. The SMILES string of the molecule is CC(=O)Nc1ccc(N2CC(N)CC2=O)c(C(=O)O)c1. The summed E-state index contributed by atoms with van der Waals surface area (Å²) in [4.78, 5) is 35.5. The molecular formula is C13H15N3O4. The Bertz CT molecular complexity index is 585. The normalized spacial score (nSPS) is 18.2. The van der Waals surface area contributed by atoms with E-state index in [-0.39, 0.29) is 29.8 Å². The zero-order chi connectivity index (χ0) is 14.9. The number of benzene rings is 1. The van der Waals surface area contributed by atoms with Gasteiger partial charge in [-0.2, -0.15) is 0 Å². The fourth-order valence-electron chi connectivity index (χ4n) is 2.19. The zero-order valence-corrected chi connectivity index (χ0v) is 10.9. The average molecular weight is 277 g/mol. The van der Waals surface area contributed by atoms with E-state index in [1.165, 1.54) is 24.0 Å². The second-order valence-corrected chi connectivity index (χ2v) is 4.69. The van der Waals surface area contributed by atoms with Crippen LogP contribution in [0.15, 0.2) is 18.2 Å². The van der Waals surface area contributed by atoms with Gasteiger partial charge in [0.15, 0.2) is 0 Å². The molecule has 1 saturated heterocycles. The molecule has 2 rings (SSSR count). The molecule has 0 bridgehead atoms. The van der Waals surface area contributed by atoms with Crippen molar-refractivity contribution in [1.29, 1.82) is 0 Å². The van der Waals surface area contributed by atoms with Gasteiger partial charge < -0.3 is 21.1 Å². The van der Waals surface area contributed by atoms with Crippen molar-refractivity contribution in [1.82, 2.24) is 0 Å². The Morgan fingerprint density at radius 1 is 1.45 bits per heavy atom. The molecule has 7 nitrogen and oxygen atoms in total. The molecule has 1 aromatic rings. The van der Waals surface area contributed by atoms with Crippen LogP contribution in [0.5, 0.6) is 0 Å². The molecule has 0 aromatic heterocycles. The highest BCUT2D eigenvalue weighted by Crippen LogP contribution is 2.28. The number of nitrogens with one attached hydrogen (secondary N) is 1. The highest BCUT2D eigenvalue weighted by Gasteiger charge is 2.30. The number of carboxylic acid groups (broad SMARTS) is 1.